The van der Waals surface area contributed by atoms with Crippen molar-refractivity contribution < 1.29 is 24.2 Å². The van der Waals surface area contributed by atoms with E-state index in [1.54, 1.807) is 23.7 Å². The average Bonchev–Trinajstić information content (AvgIpc) is 3.61. The minimum Gasteiger partial charge on any atom is -0.478 e. The molecule has 0 saturated heterocycles. The first-order chi connectivity index (χ1) is 18.5. The van der Waals surface area contributed by atoms with Crippen LogP contribution in [-0.4, -0.2) is 42.1 Å². The number of pyridine rings is 3. The summed E-state index contributed by atoms with van der Waals surface area (Å²) in [6.45, 7) is 0. The molecule has 38 heavy (non-hydrogen) atoms. The Morgan fingerprint density at radius 2 is 1.42 bits per heavy atom. The quantitative estimate of drug-likeness (QED) is 0.265. The van der Waals surface area contributed by atoms with Gasteiger partial charge in [-0.3, -0.25) is 9.97 Å². The number of aromatic carboxylic acids is 2. The summed E-state index contributed by atoms with van der Waals surface area (Å²) in [5.41, 5.74) is 2.89. The zero-order valence-electron chi connectivity index (χ0n) is 19.4. The maximum absolute atomic E-state index is 11.9. The van der Waals surface area contributed by atoms with Crippen LogP contribution in [0.2, 0.25) is 0 Å². The van der Waals surface area contributed by atoms with Crippen LogP contribution >= 0.6 is 11.3 Å². The monoisotopic (exact) mass is 520 g/mol. The summed E-state index contributed by atoms with van der Waals surface area (Å²) in [4.78, 5) is 41.9. The Labute approximate surface area is 218 Å². The number of thiophene rings is 1. The zero-order valence-corrected chi connectivity index (χ0v) is 20.2. The molecule has 5 heterocycles. The van der Waals surface area contributed by atoms with Gasteiger partial charge >= 0.3 is 11.9 Å². The molecule has 0 aliphatic heterocycles. The highest BCUT2D eigenvalue weighted by atomic mass is 32.1. The first kappa shape index (κ1) is 23.2. The summed E-state index contributed by atoms with van der Waals surface area (Å²) in [6, 6.07) is 17.2. The van der Waals surface area contributed by atoms with E-state index in [2.05, 4.69) is 19.9 Å². The molecule has 0 saturated carbocycles. The molecule has 0 bridgehead atoms. The van der Waals surface area contributed by atoms with Crippen LogP contribution in [-0.2, 0) is 0 Å². The molecule has 2 N–H and O–H groups in total. The standard InChI is InChI=1S/C28H16N4O5S/c33-27(34)16-6-8-30-20(12-16)22-14-17(28(35)36)13-21(32-22)19-11-15(5-7-29-19)25-24(26-31-9-10-37-26)18-3-1-2-4-23(18)38-25/h1-14H,(H,33,34)(H,35,36). The molecular weight excluding hydrogens is 504 g/mol. The van der Waals surface area contributed by atoms with E-state index < -0.39 is 11.9 Å². The SMILES string of the molecule is O=C(O)c1ccnc(-c2cc(C(=O)O)cc(-c3cc(-c4sc5ccccc5c4-c4ncco4)ccn3)n2)c1. The Bertz CT molecular complexity index is 1850. The highest BCUT2D eigenvalue weighted by Gasteiger charge is 2.20. The molecule has 6 aromatic rings. The van der Waals surface area contributed by atoms with Gasteiger partial charge in [0.2, 0.25) is 5.89 Å². The van der Waals surface area contributed by atoms with Crippen molar-refractivity contribution in [3.8, 4) is 44.7 Å². The lowest BCUT2D eigenvalue weighted by Crippen LogP contribution is -2.02. The van der Waals surface area contributed by atoms with Crippen LogP contribution in [0.3, 0.4) is 0 Å². The number of benzene rings is 1. The Morgan fingerprint density at radius 3 is 2.13 bits per heavy atom. The van der Waals surface area contributed by atoms with Crippen LogP contribution < -0.4 is 0 Å². The Kier molecular flexibility index (Phi) is 5.70. The summed E-state index contributed by atoms with van der Waals surface area (Å²) in [5.74, 6) is -1.78. The van der Waals surface area contributed by atoms with Crippen molar-refractivity contribution in [1.82, 2.24) is 19.9 Å². The summed E-state index contributed by atoms with van der Waals surface area (Å²) < 4.78 is 6.71. The van der Waals surface area contributed by atoms with Crippen molar-refractivity contribution in [2.75, 3.05) is 0 Å². The van der Waals surface area contributed by atoms with Gasteiger partial charge in [0.15, 0.2) is 0 Å². The smallest absolute Gasteiger partial charge is 0.335 e. The van der Waals surface area contributed by atoms with Crippen molar-refractivity contribution >= 4 is 33.4 Å². The zero-order chi connectivity index (χ0) is 26.2. The summed E-state index contributed by atoms with van der Waals surface area (Å²) in [5, 5.41) is 20.1. The van der Waals surface area contributed by atoms with E-state index in [-0.39, 0.29) is 22.5 Å². The van der Waals surface area contributed by atoms with Gasteiger partial charge in [0, 0.05) is 27.4 Å². The second-order valence-electron chi connectivity index (χ2n) is 8.24. The lowest BCUT2D eigenvalue weighted by molar-refractivity contribution is 0.0686. The number of hydrogen-bond acceptors (Lipinski definition) is 8. The lowest BCUT2D eigenvalue weighted by Gasteiger charge is -2.09. The lowest BCUT2D eigenvalue weighted by atomic mass is 10.0. The molecule has 184 valence electrons. The molecule has 0 spiro atoms. The number of carboxylic acid groups (broad SMARTS) is 2. The van der Waals surface area contributed by atoms with Gasteiger partial charge in [0.05, 0.1) is 45.7 Å². The molecule has 0 radical (unpaired) electrons. The highest BCUT2D eigenvalue weighted by molar-refractivity contribution is 7.23. The molecule has 0 aliphatic rings. The van der Waals surface area contributed by atoms with Crippen molar-refractivity contribution in [2.45, 2.75) is 0 Å². The molecule has 0 amide bonds. The molecule has 5 aromatic heterocycles. The summed E-state index contributed by atoms with van der Waals surface area (Å²) in [7, 11) is 0. The largest absolute Gasteiger partial charge is 0.478 e. The molecule has 0 fully saturated rings. The Balaban J connectivity index is 1.51. The molecule has 9 nitrogen and oxygen atoms in total. The number of oxazole rings is 1. The maximum atomic E-state index is 11.9. The van der Waals surface area contributed by atoms with Crippen LogP contribution in [0.1, 0.15) is 20.7 Å². The summed E-state index contributed by atoms with van der Waals surface area (Å²) >= 11 is 1.58. The first-order valence-electron chi connectivity index (χ1n) is 11.3. The van der Waals surface area contributed by atoms with Gasteiger partial charge in [-0.15, -0.1) is 11.3 Å². The number of fused-ring (bicyclic) bond motifs is 1. The number of nitrogens with zero attached hydrogens (tertiary/aromatic N) is 4. The molecule has 0 atom stereocenters. The molecule has 10 heteroatoms. The predicted octanol–water partition coefficient (Wildman–Crippen LogP) is 6.14. The van der Waals surface area contributed by atoms with E-state index in [0.717, 1.165) is 26.1 Å². The van der Waals surface area contributed by atoms with E-state index >= 15 is 0 Å². The van der Waals surface area contributed by atoms with E-state index in [9.17, 15) is 19.8 Å². The van der Waals surface area contributed by atoms with Crippen LogP contribution in [0.4, 0.5) is 0 Å². The highest BCUT2D eigenvalue weighted by Crippen LogP contribution is 2.44. The average molecular weight is 521 g/mol. The summed E-state index contributed by atoms with van der Waals surface area (Å²) in [6.07, 6.45) is 6.10. The minimum atomic E-state index is -1.16. The van der Waals surface area contributed by atoms with E-state index in [4.69, 9.17) is 4.42 Å². The topological polar surface area (TPSA) is 139 Å². The molecule has 6 rings (SSSR count). The third-order valence-electron chi connectivity index (χ3n) is 5.87. The molecule has 0 unspecified atom stereocenters. The molecule has 0 aliphatic carbocycles. The second-order valence-corrected chi connectivity index (χ2v) is 9.29. The Hall–Kier alpha value is -5.22. The van der Waals surface area contributed by atoms with Crippen molar-refractivity contribution in [1.29, 1.82) is 0 Å². The number of carbonyl (C=O) groups is 2. The number of rotatable bonds is 6. The van der Waals surface area contributed by atoms with Gasteiger partial charge < -0.3 is 14.6 Å². The van der Waals surface area contributed by atoms with Crippen molar-refractivity contribution in [3.63, 3.8) is 0 Å². The fourth-order valence-electron chi connectivity index (χ4n) is 4.14. The predicted molar refractivity (Wildman–Crippen MR) is 141 cm³/mol. The van der Waals surface area contributed by atoms with Gasteiger partial charge in [0.25, 0.3) is 0 Å². The van der Waals surface area contributed by atoms with Crippen LogP contribution in [0, 0.1) is 0 Å². The van der Waals surface area contributed by atoms with E-state index in [1.807, 2.05) is 36.4 Å². The van der Waals surface area contributed by atoms with Gasteiger partial charge in [-0.2, -0.15) is 0 Å². The van der Waals surface area contributed by atoms with Crippen molar-refractivity contribution in [2.24, 2.45) is 0 Å². The second kappa shape index (κ2) is 9.34. The van der Waals surface area contributed by atoms with Crippen LogP contribution in [0.25, 0.3) is 54.8 Å². The fraction of sp³-hybridized carbons (Fsp3) is 0. The number of hydrogen-bond donors (Lipinski definition) is 2. The fourth-order valence-corrected chi connectivity index (χ4v) is 5.33. The van der Waals surface area contributed by atoms with E-state index in [0.29, 0.717) is 17.3 Å². The normalized spacial score (nSPS) is 11.1. The third kappa shape index (κ3) is 4.18. The van der Waals surface area contributed by atoms with E-state index in [1.165, 1.54) is 36.7 Å². The first-order valence-corrected chi connectivity index (χ1v) is 12.1. The van der Waals surface area contributed by atoms with Crippen molar-refractivity contribution in [3.05, 3.63) is 96.6 Å². The van der Waals surface area contributed by atoms with Gasteiger partial charge in [-0.25, -0.2) is 19.6 Å². The number of carboxylic acids is 2. The van der Waals surface area contributed by atoms with Crippen LogP contribution in [0.5, 0.6) is 0 Å². The van der Waals surface area contributed by atoms with Gasteiger partial charge in [-0.1, -0.05) is 18.2 Å². The maximum Gasteiger partial charge on any atom is 0.335 e. The minimum absolute atomic E-state index is 0.0167. The third-order valence-corrected chi connectivity index (χ3v) is 7.09. The molecular formula is C28H16N4O5S. The number of aromatic nitrogens is 4. The van der Waals surface area contributed by atoms with Gasteiger partial charge in [0.1, 0.15) is 6.26 Å². The molecule has 1 aromatic carbocycles. The Morgan fingerprint density at radius 1 is 0.737 bits per heavy atom. The van der Waals surface area contributed by atoms with Gasteiger partial charge in [-0.05, 0) is 48.0 Å². The van der Waals surface area contributed by atoms with Crippen LogP contribution in [0.15, 0.2) is 89.9 Å².